The molecular formula is C15H22N2O4S. The summed E-state index contributed by atoms with van der Waals surface area (Å²) in [6.45, 7) is 3.45. The molecule has 0 amide bonds. The van der Waals surface area contributed by atoms with Crippen molar-refractivity contribution in [3.63, 3.8) is 0 Å². The quantitative estimate of drug-likeness (QED) is 0.840. The summed E-state index contributed by atoms with van der Waals surface area (Å²) in [4.78, 5) is 13.9. The summed E-state index contributed by atoms with van der Waals surface area (Å²) in [5.74, 6) is -0.546. The minimum absolute atomic E-state index is 0.0672. The smallest absolute Gasteiger partial charge is 0.337 e. The standard InChI is InChI=1S/C15H22N2O4S/c1-11-4-5-12(15(18)21-3)10-14(11)22(19,20)16-13-6-8-17(2)9-7-13/h4-5,10,13,16H,6-9H2,1-3H3. The van der Waals surface area contributed by atoms with E-state index in [-0.39, 0.29) is 16.5 Å². The fourth-order valence-corrected chi connectivity index (χ4v) is 4.12. The molecule has 0 radical (unpaired) electrons. The van der Waals surface area contributed by atoms with Crippen LogP contribution in [0.4, 0.5) is 0 Å². The third kappa shape index (κ3) is 3.85. The van der Waals surface area contributed by atoms with E-state index in [1.54, 1.807) is 19.1 Å². The van der Waals surface area contributed by atoms with Crippen molar-refractivity contribution >= 4 is 16.0 Å². The second kappa shape index (κ2) is 6.76. The first-order valence-electron chi connectivity index (χ1n) is 7.23. The number of nitrogens with zero attached hydrogens (tertiary/aromatic N) is 1. The fourth-order valence-electron chi connectivity index (χ4n) is 2.54. The molecule has 0 spiro atoms. The molecule has 6 nitrogen and oxygen atoms in total. The first-order chi connectivity index (χ1) is 10.3. The van der Waals surface area contributed by atoms with Crippen LogP contribution in [0.15, 0.2) is 23.1 Å². The van der Waals surface area contributed by atoms with E-state index in [1.165, 1.54) is 13.2 Å². The lowest BCUT2D eigenvalue weighted by Crippen LogP contribution is -2.43. The molecule has 0 bridgehead atoms. The number of likely N-dealkylation sites (tertiary alicyclic amines) is 1. The van der Waals surface area contributed by atoms with Gasteiger partial charge in [0.1, 0.15) is 0 Å². The van der Waals surface area contributed by atoms with Crippen molar-refractivity contribution in [2.75, 3.05) is 27.2 Å². The minimum Gasteiger partial charge on any atom is -0.465 e. The van der Waals surface area contributed by atoms with Gasteiger partial charge in [0.05, 0.1) is 17.6 Å². The molecule has 1 aliphatic heterocycles. The average molecular weight is 326 g/mol. The van der Waals surface area contributed by atoms with E-state index < -0.39 is 16.0 Å². The maximum atomic E-state index is 12.6. The number of nitrogens with one attached hydrogen (secondary N) is 1. The molecule has 0 aromatic heterocycles. The van der Waals surface area contributed by atoms with Gasteiger partial charge in [-0.1, -0.05) is 6.07 Å². The number of piperidine rings is 1. The number of aryl methyl sites for hydroxylation is 1. The molecule has 122 valence electrons. The van der Waals surface area contributed by atoms with Gasteiger partial charge in [0.2, 0.25) is 10.0 Å². The van der Waals surface area contributed by atoms with Crippen molar-refractivity contribution in [1.29, 1.82) is 0 Å². The maximum Gasteiger partial charge on any atom is 0.337 e. The third-order valence-electron chi connectivity index (χ3n) is 3.94. The highest BCUT2D eigenvalue weighted by molar-refractivity contribution is 7.89. The highest BCUT2D eigenvalue weighted by atomic mass is 32.2. The molecular weight excluding hydrogens is 304 g/mol. The number of methoxy groups -OCH3 is 1. The molecule has 0 unspecified atom stereocenters. The van der Waals surface area contributed by atoms with Gasteiger partial charge < -0.3 is 9.64 Å². The van der Waals surface area contributed by atoms with Crippen molar-refractivity contribution in [2.24, 2.45) is 0 Å². The van der Waals surface area contributed by atoms with Gasteiger partial charge in [-0.25, -0.2) is 17.9 Å². The van der Waals surface area contributed by atoms with Crippen LogP contribution in [0.5, 0.6) is 0 Å². The van der Waals surface area contributed by atoms with Gasteiger partial charge in [-0.2, -0.15) is 0 Å². The zero-order valence-electron chi connectivity index (χ0n) is 13.1. The van der Waals surface area contributed by atoms with Crippen molar-refractivity contribution in [1.82, 2.24) is 9.62 Å². The number of hydrogen-bond acceptors (Lipinski definition) is 5. The van der Waals surface area contributed by atoms with E-state index in [9.17, 15) is 13.2 Å². The van der Waals surface area contributed by atoms with Crippen LogP contribution in [-0.2, 0) is 14.8 Å². The SMILES string of the molecule is COC(=O)c1ccc(C)c(S(=O)(=O)NC2CCN(C)CC2)c1. The Morgan fingerprint density at radius 2 is 1.95 bits per heavy atom. The summed E-state index contributed by atoms with van der Waals surface area (Å²) >= 11 is 0. The zero-order chi connectivity index (χ0) is 16.3. The molecule has 0 atom stereocenters. The van der Waals surface area contributed by atoms with Crippen molar-refractivity contribution in [3.8, 4) is 0 Å². The Morgan fingerprint density at radius 3 is 2.55 bits per heavy atom. The van der Waals surface area contributed by atoms with Crippen LogP contribution in [0.2, 0.25) is 0 Å². The van der Waals surface area contributed by atoms with Gasteiger partial charge >= 0.3 is 5.97 Å². The topological polar surface area (TPSA) is 75.7 Å². The Balaban J connectivity index is 2.23. The van der Waals surface area contributed by atoms with Gasteiger partial charge in [0.25, 0.3) is 0 Å². The lowest BCUT2D eigenvalue weighted by atomic mass is 10.1. The second-order valence-electron chi connectivity index (χ2n) is 5.67. The summed E-state index contributed by atoms with van der Waals surface area (Å²) in [6, 6.07) is 4.49. The van der Waals surface area contributed by atoms with E-state index in [0.717, 1.165) is 25.9 Å². The van der Waals surface area contributed by atoms with Crippen molar-refractivity contribution in [2.45, 2.75) is 30.7 Å². The minimum atomic E-state index is -3.65. The normalized spacial score (nSPS) is 17.4. The number of ether oxygens (including phenoxy) is 1. The first-order valence-corrected chi connectivity index (χ1v) is 8.71. The Hall–Kier alpha value is -1.44. The number of rotatable bonds is 4. The van der Waals surface area contributed by atoms with Crippen LogP contribution in [0.3, 0.4) is 0 Å². The zero-order valence-corrected chi connectivity index (χ0v) is 13.9. The number of carbonyl (C=O) groups is 1. The maximum absolute atomic E-state index is 12.6. The fraction of sp³-hybridized carbons (Fsp3) is 0.533. The summed E-state index contributed by atoms with van der Waals surface area (Å²) in [6.07, 6.45) is 1.57. The molecule has 7 heteroatoms. The van der Waals surface area contributed by atoms with Crippen LogP contribution in [-0.4, -0.2) is 52.6 Å². The van der Waals surface area contributed by atoms with Crippen LogP contribution in [0.25, 0.3) is 0 Å². The Labute approximate surface area is 131 Å². The Morgan fingerprint density at radius 1 is 1.32 bits per heavy atom. The van der Waals surface area contributed by atoms with Crippen molar-refractivity contribution < 1.29 is 17.9 Å². The second-order valence-corrected chi connectivity index (χ2v) is 7.35. The molecule has 0 saturated carbocycles. The highest BCUT2D eigenvalue weighted by Gasteiger charge is 2.25. The van der Waals surface area contributed by atoms with Crippen molar-refractivity contribution in [3.05, 3.63) is 29.3 Å². The lowest BCUT2D eigenvalue weighted by Gasteiger charge is -2.29. The molecule has 0 aliphatic carbocycles. The largest absolute Gasteiger partial charge is 0.465 e. The molecule has 1 saturated heterocycles. The summed E-state index contributed by atoms with van der Waals surface area (Å²) in [7, 11) is -0.355. The monoisotopic (exact) mass is 326 g/mol. The van der Waals surface area contributed by atoms with E-state index >= 15 is 0 Å². The lowest BCUT2D eigenvalue weighted by molar-refractivity contribution is 0.0600. The molecule has 1 aromatic carbocycles. The van der Waals surface area contributed by atoms with Crippen LogP contribution < -0.4 is 4.72 Å². The van der Waals surface area contributed by atoms with E-state index in [4.69, 9.17) is 0 Å². The molecule has 1 aliphatic rings. The van der Waals surface area contributed by atoms with Crippen LogP contribution in [0.1, 0.15) is 28.8 Å². The molecule has 1 fully saturated rings. The Bertz CT molecular complexity index is 650. The Kier molecular flexibility index (Phi) is 5.20. The average Bonchev–Trinajstić information content (AvgIpc) is 2.49. The number of sulfonamides is 1. The van der Waals surface area contributed by atoms with E-state index in [1.807, 2.05) is 7.05 Å². The number of benzene rings is 1. The molecule has 1 heterocycles. The molecule has 1 aromatic rings. The van der Waals surface area contributed by atoms with E-state index in [2.05, 4.69) is 14.4 Å². The predicted octanol–water partition coefficient (Wildman–Crippen LogP) is 1.15. The van der Waals surface area contributed by atoms with Crippen LogP contribution in [0, 0.1) is 6.92 Å². The number of esters is 1. The predicted molar refractivity (Wildman–Crippen MR) is 83.4 cm³/mol. The van der Waals surface area contributed by atoms with Gasteiger partial charge in [0, 0.05) is 6.04 Å². The molecule has 2 rings (SSSR count). The number of carbonyl (C=O) groups excluding carboxylic acids is 1. The highest BCUT2D eigenvalue weighted by Crippen LogP contribution is 2.19. The molecule has 22 heavy (non-hydrogen) atoms. The van der Waals surface area contributed by atoms with E-state index in [0.29, 0.717) is 5.56 Å². The molecule has 1 N–H and O–H groups in total. The summed E-state index contributed by atoms with van der Waals surface area (Å²) in [5, 5.41) is 0. The van der Waals surface area contributed by atoms with Gasteiger partial charge in [-0.05, 0) is 57.6 Å². The van der Waals surface area contributed by atoms with Gasteiger partial charge in [-0.3, -0.25) is 0 Å². The summed E-state index contributed by atoms with van der Waals surface area (Å²) in [5.41, 5.74) is 0.838. The first kappa shape index (κ1) is 16.9. The third-order valence-corrected chi connectivity index (χ3v) is 5.60. The van der Waals surface area contributed by atoms with Crippen LogP contribution >= 0.6 is 0 Å². The van der Waals surface area contributed by atoms with Gasteiger partial charge in [0.15, 0.2) is 0 Å². The van der Waals surface area contributed by atoms with Gasteiger partial charge in [-0.15, -0.1) is 0 Å². The summed E-state index contributed by atoms with van der Waals surface area (Å²) < 4.78 is 32.6. The number of hydrogen-bond donors (Lipinski definition) is 1.